The van der Waals surface area contributed by atoms with Crippen molar-refractivity contribution in [3.05, 3.63) is 116 Å². The Morgan fingerprint density at radius 3 is 1.46 bits per heavy atom. The van der Waals surface area contributed by atoms with E-state index in [0.29, 0.717) is 13.2 Å². The molecule has 0 unspecified atom stereocenters. The summed E-state index contributed by atoms with van der Waals surface area (Å²) < 4.78 is 16.1. The van der Waals surface area contributed by atoms with Gasteiger partial charge in [0, 0.05) is 28.1 Å². The number of hydrogen-bond donors (Lipinski definition) is 3. The third kappa shape index (κ3) is 6.29. The fraction of sp³-hybridized carbons (Fsp3) is 0.0625. The summed E-state index contributed by atoms with van der Waals surface area (Å²) in [5.41, 5.74) is 4.41. The Hall–Kier alpha value is -1.43. The van der Waals surface area contributed by atoms with Crippen molar-refractivity contribution in [2.75, 3.05) is 0 Å². The molecule has 41 heavy (non-hydrogen) atoms. The number of phenols is 2. The van der Waals surface area contributed by atoms with E-state index in [1.54, 1.807) is 12.1 Å². The molecule has 9 heteroatoms. The van der Waals surface area contributed by atoms with Gasteiger partial charge in [-0.25, -0.2) is 0 Å². The van der Waals surface area contributed by atoms with Gasteiger partial charge in [-0.15, -0.1) is 0 Å². The average Bonchev–Trinajstić information content (AvgIpc) is 3.29. The minimum atomic E-state index is -0.700. The molecular formula is C32H22I4O4S. The number of fused-ring (bicyclic) bond motifs is 3. The number of ether oxygens (including phenoxy) is 2. The summed E-state index contributed by atoms with van der Waals surface area (Å²) >= 11 is 8.75. The Bertz CT molecular complexity index is 1670. The fourth-order valence-corrected chi connectivity index (χ4v) is 9.58. The normalized spacial score (nSPS) is 12.6. The van der Waals surface area contributed by atoms with Gasteiger partial charge in [0.05, 0.1) is 7.14 Å². The number of halogens is 4. The second kappa shape index (κ2) is 12.7. The number of rotatable bonds is 7. The predicted octanol–water partition coefficient (Wildman–Crippen LogP) is 10.1. The molecule has 1 aliphatic rings. The highest BCUT2D eigenvalue weighted by atomic mass is 127. The van der Waals surface area contributed by atoms with Gasteiger partial charge in [-0.3, -0.25) is 0 Å². The Balaban J connectivity index is 1.33. The lowest BCUT2D eigenvalue weighted by molar-refractivity contribution is 0.304. The zero-order valence-electron chi connectivity index (χ0n) is 21.2. The van der Waals surface area contributed by atoms with Crippen LogP contribution >= 0.6 is 101 Å². The lowest BCUT2D eigenvalue weighted by atomic mass is 10.1. The van der Waals surface area contributed by atoms with Crippen molar-refractivity contribution in [1.29, 1.82) is 0 Å². The lowest BCUT2D eigenvalue weighted by Crippen LogP contribution is -1.99. The summed E-state index contributed by atoms with van der Waals surface area (Å²) in [5, 5.41) is 20.0. The zero-order valence-corrected chi connectivity index (χ0v) is 30.8. The Labute approximate surface area is 295 Å². The Kier molecular flexibility index (Phi) is 9.15. The van der Waals surface area contributed by atoms with Crippen LogP contribution in [0, 0.1) is 14.3 Å². The smallest absolute Gasteiger partial charge is 0.129 e. The van der Waals surface area contributed by atoms with Crippen LogP contribution in [0.15, 0.2) is 106 Å². The molecule has 1 heterocycles. The molecule has 0 atom stereocenters. The van der Waals surface area contributed by atoms with Crippen molar-refractivity contribution < 1.29 is 19.7 Å². The summed E-state index contributed by atoms with van der Waals surface area (Å²) in [6.45, 7) is 0.835. The molecule has 6 rings (SSSR count). The summed E-state index contributed by atoms with van der Waals surface area (Å²) in [4.78, 5) is 3.93. The topological polar surface area (TPSA) is 58.9 Å². The molecule has 0 saturated heterocycles. The van der Waals surface area contributed by atoms with Crippen molar-refractivity contribution in [3.63, 3.8) is 0 Å². The number of aromatic hydroxyl groups is 2. The van der Waals surface area contributed by atoms with Gasteiger partial charge in [-0.2, -0.15) is 10.9 Å². The molecular weight excluding hydrogens is 988 g/mol. The number of thiol groups is 1. The zero-order chi connectivity index (χ0) is 28.7. The summed E-state index contributed by atoms with van der Waals surface area (Å²) in [5.74, 6) is 2.18. The van der Waals surface area contributed by atoms with Crippen molar-refractivity contribution in [2.24, 2.45) is 0 Å². The van der Waals surface area contributed by atoms with E-state index < -0.39 is 10.9 Å². The molecule has 4 nitrogen and oxygen atoms in total. The SMILES string of the molecule is Oc1cc(I)c(COc2ccc3c(c2)-c2cc(OCc4cc(I)c(O)cc4I)ccc2[SH]3c2ccccc2)cc1I. The summed E-state index contributed by atoms with van der Waals surface area (Å²) in [7, 11) is -0.700. The third-order valence-corrected chi connectivity index (χ3v) is 13.0. The van der Waals surface area contributed by atoms with Crippen LogP contribution in [0.3, 0.4) is 0 Å². The first-order valence-electron chi connectivity index (χ1n) is 12.5. The molecule has 0 amide bonds. The van der Waals surface area contributed by atoms with Crippen LogP contribution in [0.25, 0.3) is 11.1 Å². The monoisotopic (exact) mass is 1010 g/mol. The number of hydrogen-bond acceptors (Lipinski definition) is 4. The second-order valence-electron chi connectivity index (χ2n) is 9.40. The molecule has 0 saturated carbocycles. The second-order valence-corrected chi connectivity index (χ2v) is 16.2. The third-order valence-electron chi connectivity index (χ3n) is 6.74. The maximum atomic E-state index is 10.0. The van der Waals surface area contributed by atoms with Crippen molar-refractivity contribution in [2.45, 2.75) is 27.9 Å². The number of benzene rings is 5. The maximum Gasteiger partial charge on any atom is 0.129 e. The molecule has 5 aromatic rings. The minimum absolute atomic E-state index is 0.287. The molecule has 0 fully saturated rings. The van der Waals surface area contributed by atoms with Crippen LogP contribution in [0.2, 0.25) is 0 Å². The molecule has 2 N–H and O–H groups in total. The quantitative estimate of drug-likeness (QED) is 0.110. The summed E-state index contributed by atoms with van der Waals surface area (Å²) in [6.07, 6.45) is 0. The summed E-state index contributed by atoms with van der Waals surface area (Å²) in [6, 6.07) is 31.0. The van der Waals surface area contributed by atoms with Crippen LogP contribution in [-0.2, 0) is 13.2 Å². The van der Waals surface area contributed by atoms with Gasteiger partial charge in [-0.05, 0) is 179 Å². The Morgan fingerprint density at radius 2 is 1.00 bits per heavy atom. The van der Waals surface area contributed by atoms with E-state index in [9.17, 15) is 10.2 Å². The van der Waals surface area contributed by atoms with E-state index in [0.717, 1.165) is 36.9 Å². The van der Waals surface area contributed by atoms with Crippen LogP contribution in [0.4, 0.5) is 0 Å². The highest BCUT2D eigenvalue weighted by Gasteiger charge is 2.28. The van der Waals surface area contributed by atoms with E-state index in [1.807, 2.05) is 12.1 Å². The first-order valence-corrected chi connectivity index (χ1v) is 18.2. The fourth-order valence-electron chi connectivity index (χ4n) is 4.71. The van der Waals surface area contributed by atoms with Gasteiger partial charge in [0.15, 0.2) is 0 Å². The van der Waals surface area contributed by atoms with E-state index in [4.69, 9.17) is 9.47 Å². The predicted molar refractivity (Wildman–Crippen MR) is 198 cm³/mol. The van der Waals surface area contributed by atoms with Gasteiger partial charge in [0.25, 0.3) is 0 Å². The van der Waals surface area contributed by atoms with E-state index in [2.05, 4.69) is 157 Å². The standard InChI is InChI=1S/C32H22I4O4S/c33-25-14-29(37)27(35)10-18(25)16-39-20-6-8-31-23(12-20)24-13-21(40-17-19-11-28(36)30(38)15-26(19)34)7-9-32(24)41(31)22-4-2-1-3-5-22/h1-15,37-38,41H,16-17H2. The van der Waals surface area contributed by atoms with Crippen LogP contribution in [0.5, 0.6) is 23.0 Å². The molecule has 0 bridgehead atoms. The van der Waals surface area contributed by atoms with Gasteiger partial charge in [0.2, 0.25) is 0 Å². The highest BCUT2D eigenvalue weighted by molar-refractivity contribution is 14.1. The van der Waals surface area contributed by atoms with Gasteiger partial charge >= 0.3 is 0 Å². The van der Waals surface area contributed by atoms with Crippen LogP contribution in [0.1, 0.15) is 11.1 Å². The van der Waals surface area contributed by atoms with Gasteiger partial charge in [0.1, 0.15) is 36.2 Å². The Morgan fingerprint density at radius 1 is 0.537 bits per heavy atom. The van der Waals surface area contributed by atoms with E-state index in [1.165, 1.54) is 25.8 Å². The van der Waals surface area contributed by atoms with E-state index in [-0.39, 0.29) is 11.5 Å². The van der Waals surface area contributed by atoms with Crippen LogP contribution < -0.4 is 9.47 Å². The van der Waals surface area contributed by atoms with Gasteiger partial charge in [-0.1, -0.05) is 18.2 Å². The van der Waals surface area contributed by atoms with Gasteiger partial charge < -0.3 is 19.7 Å². The van der Waals surface area contributed by atoms with Crippen LogP contribution in [-0.4, -0.2) is 10.2 Å². The molecule has 1 aliphatic heterocycles. The first kappa shape index (κ1) is 29.6. The van der Waals surface area contributed by atoms with Crippen molar-refractivity contribution >= 4 is 101 Å². The van der Waals surface area contributed by atoms with Crippen molar-refractivity contribution in [3.8, 4) is 34.1 Å². The largest absolute Gasteiger partial charge is 0.507 e. The molecule has 0 spiro atoms. The molecule has 0 aliphatic carbocycles. The van der Waals surface area contributed by atoms with E-state index >= 15 is 0 Å². The lowest BCUT2D eigenvalue weighted by Gasteiger charge is -2.19. The first-order chi connectivity index (χ1) is 19.8. The molecule has 5 aromatic carbocycles. The maximum absolute atomic E-state index is 10.0. The molecule has 0 radical (unpaired) electrons. The van der Waals surface area contributed by atoms with Crippen molar-refractivity contribution in [1.82, 2.24) is 0 Å². The minimum Gasteiger partial charge on any atom is -0.507 e. The molecule has 0 aromatic heterocycles. The molecule has 208 valence electrons. The number of phenolic OH excluding ortho intramolecular Hbond substituents is 2. The average molecular weight is 1010 g/mol. The highest BCUT2D eigenvalue weighted by Crippen LogP contribution is 2.63.